The van der Waals surface area contributed by atoms with Crippen molar-refractivity contribution in [1.82, 2.24) is 14.8 Å². The number of hydrogen-bond donors (Lipinski definition) is 1. The van der Waals surface area contributed by atoms with Gasteiger partial charge in [0.05, 0.1) is 5.69 Å². The summed E-state index contributed by atoms with van der Waals surface area (Å²) in [6.45, 7) is 6.30. The van der Waals surface area contributed by atoms with Crippen LogP contribution >= 0.6 is 11.6 Å². The summed E-state index contributed by atoms with van der Waals surface area (Å²) in [6, 6.07) is 15.8. The highest BCUT2D eigenvalue weighted by molar-refractivity contribution is 6.31. The van der Waals surface area contributed by atoms with Gasteiger partial charge in [-0.2, -0.15) is 0 Å². The molecule has 5 rings (SSSR count). The van der Waals surface area contributed by atoms with Crippen LogP contribution in [0.2, 0.25) is 5.02 Å². The van der Waals surface area contributed by atoms with Crippen LogP contribution in [0.15, 0.2) is 48.5 Å². The molecule has 0 radical (unpaired) electrons. The molecule has 2 aliphatic rings. The Hall–Kier alpha value is -2.79. The van der Waals surface area contributed by atoms with E-state index >= 15 is 0 Å². The largest absolute Gasteiger partial charge is 0.356 e. The van der Waals surface area contributed by atoms with E-state index < -0.39 is 5.54 Å². The highest BCUT2D eigenvalue weighted by Gasteiger charge is 2.56. The van der Waals surface area contributed by atoms with Gasteiger partial charge in [-0.25, -0.2) is 0 Å². The maximum atomic E-state index is 13.7. The van der Waals surface area contributed by atoms with Gasteiger partial charge in [-0.1, -0.05) is 48.0 Å². The van der Waals surface area contributed by atoms with E-state index in [0.29, 0.717) is 11.6 Å². The van der Waals surface area contributed by atoms with E-state index in [0.717, 1.165) is 27.7 Å². The summed E-state index contributed by atoms with van der Waals surface area (Å²) in [5.74, 6) is -0.185. The molecular formula is C24H24ClN3O2. The second-order valence-corrected chi connectivity index (χ2v) is 9.04. The van der Waals surface area contributed by atoms with Crippen LogP contribution < -0.4 is 0 Å². The number of fused-ring (bicyclic) bond motifs is 5. The number of carbonyl (C=O) groups is 2. The topological polar surface area (TPSA) is 56.4 Å². The number of nitrogens with one attached hydrogen (secondary N) is 1. The lowest BCUT2D eigenvalue weighted by Crippen LogP contribution is -2.68. The van der Waals surface area contributed by atoms with E-state index in [9.17, 15) is 9.59 Å². The monoisotopic (exact) mass is 421 g/mol. The molecule has 0 saturated carbocycles. The number of hydrogen-bond acceptors (Lipinski definition) is 2. The van der Waals surface area contributed by atoms with Crippen molar-refractivity contribution >= 4 is 34.3 Å². The van der Waals surface area contributed by atoms with Crippen LogP contribution in [-0.4, -0.2) is 45.7 Å². The number of rotatable bonds is 2. The van der Waals surface area contributed by atoms with Crippen molar-refractivity contribution in [2.24, 2.45) is 0 Å². The molecule has 0 spiro atoms. The Labute approximate surface area is 180 Å². The number of halogens is 1. The van der Waals surface area contributed by atoms with E-state index in [1.165, 1.54) is 0 Å². The molecular weight excluding hydrogens is 398 g/mol. The van der Waals surface area contributed by atoms with Crippen molar-refractivity contribution in [3.8, 4) is 0 Å². The van der Waals surface area contributed by atoms with E-state index in [4.69, 9.17) is 11.6 Å². The fourth-order valence-corrected chi connectivity index (χ4v) is 5.35. The van der Waals surface area contributed by atoms with Gasteiger partial charge in [0.25, 0.3) is 5.91 Å². The summed E-state index contributed by atoms with van der Waals surface area (Å²) in [7, 11) is 0. The number of piperazine rings is 1. The first-order valence-corrected chi connectivity index (χ1v) is 10.7. The number of benzene rings is 2. The Bertz CT molecular complexity index is 1180. The smallest absolute Gasteiger partial charge is 0.255 e. The lowest BCUT2D eigenvalue weighted by Gasteiger charge is -2.52. The fourth-order valence-electron chi connectivity index (χ4n) is 5.09. The average molecular weight is 422 g/mol. The first-order valence-electron chi connectivity index (χ1n) is 10.3. The Kier molecular flexibility index (Phi) is 4.23. The number of nitrogens with zero attached hydrogens (tertiary/aromatic N) is 2. The van der Waals surface area contributed by atoms with Crippen LogP contribution in [0, 0.1) is 0 Å². The van der Waals surface area contributed by atoms with Crippen LogP contribution in [0.1, 0.15) is 43.5 Å². The number of aromatic amines is 1. The summed E-state index contributed by atoms with van der Waals surface area (Å²) in [6.07, 6.45) is 0. The molecule has 1 N–H and O–H groups in total. The third kappa shape index (κ3) is 2.48. The van der Waals surface area contributed by atoms with E-state index in [1.807, 2.05) is 63.2 Å². The molecule has 3 aromatic rings. The second-order valence-electron chi connectivity index (χ2n) is 8.64. The van der Waals surface area contributed by atoms with E-state index in [2.05, 4.69) is 11.1 Å². The van der Waals surface area contributed by atoms with Gasteiger partial charge in [-0.05, 0) is 44.0 Å². The van der Waals surface area contributed by atoms with Crippen LogP contribution in [0.3, 0.4) is 0 Å². The molecule has 2 aliphatic heterocycles. The molecule has 30 heavy (non-hydrogen) atoms. The summed E-state index contributed by atoms with van der Waals surface area (Å²) in [5, 5.41) is 1.74. The Balaban J connectivity index is 1.81. The van der Waals surface area contributed by atoms with Crippen molar-refractivity contribution in [2.45, 2.75) is 38.3 Å². The molecule has 3 heterocycles. The van der Waals surface area contributed by atoms with Gasteiger partial charge in [0.15, 0.2) is 5.54 Å². The predicted molar refractivity (Wildman–Crippen MR) is 118 cm³/mol. The van der Waals surface area contributed by atoms with Crippen LogP contribution in [0.25, 0.3) is 10.9 Å². The summed E-state index contributed by atoms with van der Waals surface area (Å²) >= 11 is 6.59. The lowest BCUT2D eigenvalue weighted by atomic mass is 9.76. The van der Waals surface area contributed by atoms with Crippen LogP contribution in [-0.2, 0) is 15.1 Å². The van der Waals surface area contributed by atoms with Gasteiger partial charge in [-0.15, -0.1) is 0 Å². The minimum Gasteiger partial charge on any atom is -0.356 e. The summed E-state index contributed by atoms with van der Waals surface area (Å²) in [5.41, 5.74) is 2.72. The third-order valence-electron chi connectivity index (χ3n) is 6.67. The predicted octanol–water partition coefficient (Wildman–Crippen LogP) is 4.26. The van der Waals surface area contributed by atoms with Crippen molar-refractivity contribution in [3.63, 3.8) is 0 Å². The standard InChI is InChI=1S/C24H24ClN3O2/c1-14(2)27-13-20(29)28-12-17(15-8-4-6-10-18(15)25)21-16-9-5-7-11-19(16)26-22(21)24(28,3)23(27)30/h4-11,14,17,26H,12-13H2,1-3H3/t17-,24-/m1/s1. The summed E-state index contributed by atoms with van der Waals surface area (Å²) in [4.78, 5) is 33.9. The Morgan fingerprint density at radius 3 is 2.53 bits per heavy atom. The number of carbonyl (C=O) groups excluding carboxylic acids is 2. The first-order chi connectivity index (χ1) is 14.3. The second kappa shape index (κ2) is 6.61. The van der Waals surface area contributed by atoms with Gasteiger partial charge >= 0.3 is 0 Å². The molecule has 1 aromatic heterocycles. The third-order valence-corrected chi connectivity index (χ3v) is 7.02. The SMILES string of the molecule is CC(C)N1CC(=O)N2C[C@H](c3ccccc3Cl)c3c([nH]c4ccccc34)[C@]2(C)C1=O. The molecule has 6 heteroatoms. The minimum absolute atomic E-state index is 0.0350. The zero-order valence-electron chi connectivity index (χ0n) is 17.3. The molecule has 1 fully saturated rings. The Morgan fingerprint density at radius 2 is 1.80 bits per heavy atom. The molecule has 1 saturated heterocycles. The molecule has 0 aliphatic carbocycles. The highest BCUT2D eigenvalue weighted by Crippen LogP contribution is 2.49. The van der Waals surface area contributed by atoms with Gasteiger partial charge < -0.3 is 14.8 Å². The quantitative estimate of drug-likeness (QED) is 0.672. The molecule has 5 nitrogen and oxygen atoms in total. The molecule has 0 bridgehead atoms. The molecule has 2 amide bonds. The first kappa shape index (κ1) is 19.2. The highest BCUT2D eigenvalue weighted by atomic mass is 35.5. The van der Waals surface area contributed by atoms with Crippen molar-refractivity contribution in [2.75, 3.05) is 13.1 Å². The van der Waals surface area contributed by atoms with Crippen molar-refractivity contribution in [3.05, 3.63) is 70.4 Å². The maximum Gasteiger partial charge on any atom is 0.255 e. The van der Waals surface area contributed by atoms with Gasteiger partial charge in [0.1, 0.15) is 6.54 Å². The normalized spacial score (nSPS) is 23.8. The lowest BCUT2D eigenvalue weighted by molar-refractivity contribution is -0.168. The number of aromatic nitrogens is 1. The Morgan fingerprint density at radius 1 is 1.10 bits per heavy atom. The molecule has 2 atom stereocenters. The minimum atomic E-state index is -1.06. The van der Waals surface area contributed by atoms with Crippen LogP contribution in [0.5, 0.6) is 0 Å². The fraction of sp³-hybridized carbons (Fsp3) is 0.333. The summed E-state index contributed by atoms with van der Waals surface area (Å²) < 4.78 is 0. The van der Waals surface area contributed by atoms with Crippen LogP contribution in [0.4, 0.5) is 0 Å². The van der Waals surface area contributed by atoms with Gasteiger partial charge in [0, 0.05) is 34.4 Å². The number of H-pyrrole nitrogens is 1. The van der Waals surface area contributed by atoms with Gasteiger partial charge in [0.2, 0.25) is 5.91 Å². The molecule has 0 unspecified atom stereocenters. The molecule has 2 aromatic carbocycles. The van der Waals surface area contributed by atoms with Crippen molar-refractivity contribution in [1.29, 1.82) is 0 Å². The number of para-hydroxylation sites is 1. The van der Waals surface area contributed by atoms with E-state index in [-0.39, 0.29) is 30.3 Å². The van der Waals surface area contributed by atoms with Crippen molar-refractivity contribution < 1.29 is 9.59 Å². The maximum absolute atomic E-state index is 13.7. The number of amides is 2. The molecule has 154 valence electrons. The average Bonchev–Trinajstić information content (AvgIpc) is 3.12. The zero-order chi connectivity index (χ0) is 21.2. The van der Waals surface area contributed by atoms with E-state index in [1.54, 1.807) is 9.80 Å². The van der Waals surface area contributed by atoms with Gasteiger partial charge in [-0.3, -0.25) is 9.59 Å². The zero-order valence-corrected chi connectivity index (χ0v) is 18.0.